The molecule has 1 aromatic heterocycles. The number of carbonyl (C=O) groups is 1. The lowest BCUT2D eigenvalue weighted by Crippen LogP contribution is -2.37. The number of hydrogen-bond donors (Lipinski definition) is 1. The van der Waals surface area contributed by atoms with E-state index in [1.807, 2.05) is 18.7 Å². The van der Waals surface area contributed by atoms with Gasteiger partial charge >= 0.3 is 6.09 Å². The van der Waals surface area contributed by atoms with Crippen LogP contribution in [0.15, 0.2) is 0 Å². The maximum absolute atomic E-state index is 11.2. The van der Waals surface area contributed by atoms with Crippen LogP contribution in [0.3, 0.4) is 0 Å². The first-order chi connectivity index (χ1) is 9.56. The van der Waals surface area contributed by atoms with Crippen molar-refractivity contribution in [1.29, 1.82) is 5.26 Å². The highest BCUT2D eigenvalue weighted by atomic mass is 16.5. The molecular weight excluding hydrogens is 258 g/mol. The number of alkyl carbamates (subject to hydrolysis) is 1. The topological polar surface area (TPSA) is 91.1 Å². The van der Waals surface area contributed by atoms with Gasteiger partial charge in [-0.15, -0.1) is 5.10 Å². The molecule has 0 saturated carbocycles. The van der Waals surface area contributed by atoms with Crippen LogP contribution in [0.25, 0.3) is 0 Å². The SMILES string of the molecule is COC(=O)NC1CCN(c2nnc(C)c(C)c2C#N)C1. The van der Waals surface area contributed by atoms with Crippen LogP contribution in [-0.2, 0) is 4.74 Å². The second-order valence-corrected chi connectivity index (χ2v) is 4.79. The number of aromatic nitrogens is 2. The van der Waals surface area contributed by atoms with Gasteiger partial charge in [0.25, 0.3) is 0 Å². The van der Waals surface area contributed by atoms with Gasteiger partial charge in [0.1, 0.15) is 11.6 Å². The van der Waals surface area contributed by atoms with Gasteiger partial charge in [0.15, 0.2) is 5.82 Å². The van der Waals surface area contributed by atoms with Crippen LogP contribution in [-0.4, -0.2) is 42.5 Å². The quantitative estimate of drug-likeness (QED) is 0.862. The molecule has 7 heteroatoms. The summed E-state index contributed by atoms with van der Waals surface area (Å²) in [5.41, 5.74) is 2.16. The maximum Gasteiger partial charge on any atom is 0.407 e. The van der Waals surface area contributed by atoms with Crippen LogP contribution < -0.4 is 10.2 Å². The number of nitrogens with one attached hydrogen (secondary N) is 1. The van der Waals surface area contributed by atoms with Crippen molar-refractivity contribution in [2.75, 3.05) is 25.1 Å². The van der Waals surface area contributed by atoms with E-state index in [0.717, 1.165) is 24.2 Å². The van der Waals surface area contributed by atoms with Crippen molar-refractivity contribution in [2.24, 2.45) is 0 Å². The minimum Gasteiger partial charge on any atom is -0.453 e. The molecule has 1 saturated heterocycles. The van der Waals surface area contributed by atoms with E-state index in [-0.39, 0.29) is 6.04 Å². The molecule has 1 aromatic rings. The maximum atomic E-state index is 11.2. The third kappa shape index (κ3) is 2.64. The summed E-state index contributed by atoms with van der Waals surface area (Å²) >= 11 is 0. The third-order valence-corrected chi connectivity index (χ3v) is 3.54. The number of aryl methyl sites for hydroxylation is 1. The van der Waals surface area contributed by atoms with Crippen molar-refractivity contribution in [3.8, 4) is 6.07 Å². The largest absolute Gasteiger partial charge is 0.453 e. The van der Waals surface area contributed by atoms with Gasteiger partial charge in [-0.1, -0.05) is 0 Å². The molecule has 7 nitrogen and oxygen atoms in total. The molecule has 1 unspecified atom stereocenters. The molecule has 1 aliphatic heterocycles. The Hall–Kier alpha value is -2.36. The van der Waals surface area contributed by atoms with Crippen LogP contribution in [0.5, 0.6) is 0 Å². The Morgan fingerprint density at radius 1 is 1.50 bits per heavy atom. The minimum atomic E-state index is -0.441. The van der Waals surface area contributed by atoms with Gasteiger partial charge in [-0.3, -0.25) is 0 Å². The van der Waals surface area contributed by atoms with Crippen molar-refractivity contribution >= 4 is 11.9 Å². The zero-order chi connectivity index (χ0) is 14.7. The molecule has 1 amide bonds. The van der Waals surface area contributed by atoms with E-state index in [2.05, 4.69) is 26.3 Å². The van der Waals surface area contributed by atoms with Gasteiger partial charge in [0.05, 0.1) is 18.8 Å². The van der Waals surface area contributed by atoms with Crippen LogP contribution in [0.4, 0.5) is 10.6 Å². The molecule has 20 heavy (non-hydrogen) atoms. The van der Waals surface area contributed by atoms with Crippen LogP contribution in [0.1, 0.15) is 23.2 Å². The Morgan fingerprint density at radius 3 is 2.90 bits per heavy atom. The average Bonchev–Trinajstić information content (AvgIpc) is 2.89. The first-order valence-electron chi connectivity index (χ1n) is 6.40. The summed E-state index contributed by atoms with van der Waals surface area (Å²) in [7, 11) is 1.34. The smallest absolute Gasteiger partial charge is 0.407 e. The van der Waals surface area contributed by atoms with Gasteiger partial charge < -0.3 is 15.0 Å². The van der Waals surface area contributed by atoms with E-state index in [9.17, 15) is 10.1 Å². The molecule has 1 N–H and O–H groups in total. The van der Waals surface area contributed by atoms with E-state index in [4.69, 9.17) is 0 Å². The molecule has 0 spiro atoms. The summed E-state index contributed by atoms with van der Waals surface area (Å²) in [5.74, 6) is 0.588. The molecule has 0 aliphatic carbocycles. The Labute approximate surface area is 117 Å². The first-order valence-corrected chi connectivity index (χ1v) is 6.40. The number of rotatable bonds is 2. The summed E-state index contributed by atoms with van der Waals surface area (Å²) < 4.78 is 4.58. The number of ether oxygens (including phenoxy) is 1. The molecule has 0 radical (unpaired) electrons. The fourth-order valence-corrected chi connectivity index (χ4v) is 2.25. The van der Waals surface area contributed by atoms with Crippen molar-refractivity contribution in [3.05, 3.63) is 16.8 Å². The Balaban J connectivity index is 2.17. The second kappa shape index (κ2) is 5.74. The van der Waals surface area contributed by atoms with Gasteiger partial charge in [0, 0.05) is 13.1 Å². The average molecular weight is 275 g/mol. The summed E-state index contributed by atoms with van der Waals surface area (Å²) in [6.45, 7) is 5.02. The van der Waals surface area contributed by atoms with E-state index in [1.165, 1.54) is 7.11 Å². The minimum absolute atomic E-state index is 0.00241. The lowest BCUT2D eigenvalue weighted by Gasteiger charge is -2.19. The van der Waals surface area contributed by atoms with Crippen molar-refractivity contribution in [3.63, 3.8) is 0 Å². The van der Waals surface area contributed by atoms with E-state index >= 15 is 0 Å². The number of nitriles is 1. The number of anilines is 1. The zero-order valence-corrected chi connectivity index (χ0v) is 11.8. The van der Waals surface area contributed by atoms with Crippen LogP contribution in [0.2, 0.25) is 0 Å². The first kappa shape index (κ1) is 14.1. The van der Waals surface area contributed by atoms with Crippen molar-refractivity contribution < 1.29 is 9.53 Å². The highest BCUT2D eigenvalue weighted by molar-refractivity contribution is 5.67. The molecule has 0 aromatic carbocycles. The number of nitrogens with zero attached hydrogens (tertiary/aromatic N) is 4. The van der Waals surface area contributed by atoms with Crippen LogP contribution >= 0.6 is 0 Å². The van der Waals surface area contributed by atoms with E-state index in [0.29, 0.717) is 17.9 Å². The lowest BCUT2D eigenvalue weighted by molar-refractivity contribution is 0.167. The molecule has 1 fully saturated rings. The molecule has 0 bridgehead atoms. The lowest BCUT2D eigenvalue weighted by atomic mass is 10.1. The summed E-state index contributed by atoms with van der Waals surface area (Å²) in [6, 6.07) is 2.19. The van der Waals surface area contributed by atoms with Gasteiger partial charge in [0.2, 0.25) is 0 Å². The van der Waals surface area contributed by atoms with Gasteiger partial charge in [-0.25, -0.2) is 4.79 Å². The molecule has 2 rings (SSSR count). The summed E-state index contributed by atoms with van der Waals surface area (Å²) in [6.07, 6.45) is 0.345. The Kier molecular flexibility index (Phi) is 4.03. The Bertz CT molecular complexity index is 567. The molecule has 1 aliphatic rings. The van der Waals surface area contributed by atoms with Crippen molar-refractivity contribution in [1.82, 2.24) is 15.5 Å². The fourth-order valence-electron chi connectivity index (χ4n) is 2.25. The fraction of sp³-hybridized carbons (Fsp3) is 0.538. The standard InChI is InChI=1S/C13H17N5O2/c1-8-9(2)16-17-12(11(8)6-14)18-5-4-10(7-18)15-13(19)20-3/h10H,4-5,7H2,1-3H3,(H,15,19). The summed E-state index contributed by atoms with van der Waals surface area (Å²) in [5, 5.41) is 20.3. The van der Waals surface area contributed by atoms with Crippen molar-refractivity contribution in [2.45, 2.75) is 26.3 Å². The van der Waals surface area contributed by atoms with Gasteiger partial charge in [-0.05, 0) is 25.8 Å². The van der Waals surface area contributed by atoms with E-state index in [1.54, 1.807) is 0 Å². The molecule has 1 atom stereocenters. The molecule has 2 heterocycles. The second-order valence-electron chi connectivity index (χ2n) is 4.79. The normalized spacial score (nSPS) is 17.7. The predicted molar refractivity (Wildman–Crippen MR) is 72.4 cm³/mol. The van der Waals surface area contributed by atoms with Crippen LogP contribution in [0, 0.1) is 25.2 Å². The monoisotopic (exact) mass is 275 g/mol. The number of methoxy groups -OCH3 is 1. The van der Waals surface area contributed by atoms with Gasteiger partial charge in [-0.2, -0.15) is 10.4 Å². The van der Waals surface area contributed by atoms with E-state index < -0.39 is 6.09 Å². The summed E-state index contributed by atoms with van der Waals surface area (Å²) in [4.78, 5) is 13.2. The zero-order valence-electron chi connectivity index (χ0n) is 11.8. The number of carbonyl (C=O) groups excluding carboxylic acids is 1. The number of hydrogen-bond acceptors (Lipinski definition) is 6. The molecule has 106 valence electrons. The highest BCUT2D eigenvalue weighted by Gasteiger charge is 2.27. The molecular formula is C13H17N5O2. The Morgan fingerprint density at radius 2 is 2.25 bits per heavy atom. The third-order valence-electron chi connectivity index (χ3n) is 3.54. The predicted octanol–water partition coefficient (Wildman–Crippen LogP) is 0.900. The highest BCUT2D eigenvalue weighted by Crippen LogP contribution is 2.24. The number of amides is 1.